The molecule has 11 heavy (non-hydrogen) atoms. The maximum Gasteiger partial charge on any atom is 0.152 e. The minimum Gasteiger partial charge on any atom is -0.612 e. The summed E-state index contributed by atoms with van der Waals surface area (Å²) in [6.45, 7) is 3.75. The Kier molecular flexibility index (Phi) is 2.97. The van der Waals surface area contributed by atoms with Crippen LogP contribution in [0.5, 0.6) is 0 Å². The molecule has 1 aromatic carbocycles. The fourth-order valence-electron chi connectivity index (χ4n) is 0.848. The lowest BCUT2D eigenvalue weighted by Crippen LogP contribution is -1.96. The lowest BCUT2D eigenvalue weighted by molar-refractivity contribution is 0.601. The monoisotopic (exact) mass is 167 g/mol. The maximum atomic E-state index is 10.9. The highest BCUT2D eigenvalue weighted by Gasteiger charge is 2.01. The van der Waals surface area contributed by atoms with Gasteiger partial charge in [-0.2, -0.15) is 0 Å². The Morgan fingerprint density at radius 1 is 1.36 bits per heavy atom. The van der Waals surface area contributed by atoms with Gasteiger partial charge in [-0.3, -0.25) is 0 Å². The molecule has 1 atom stereocenters. The average Bonchev–Trinajstić information content (AvgIpc) is 2.05. The molecule has 0 saturated carbocycles. The lowest BCUT2D eigenvalue weighted by Gasteiger charge is -2.03. The van der Waals surface area contributed by atoms with Gasteiger partial charge in [0.05, 0.1) is 0 Å². The number of rotatable bonds is 2. The maximum absolute atomic E-state index is 10.9. The molecule has 0 aliphatic carbocycles. The Morgan fingerprint density at radius 2 is 1.91 bits per heavy atom. The molecule has 0 heterocycles. The van der Waals surface area contributed by atoms with Gasteiger partial charge >= 0.3 is 0 Å². The van der Waals surface area contributed by atoms with E-state index in [-0.39, 0.29) is 0 Å². The van der Waals surface area contributed by atoms with Crippen LogP contribution in [-0.4, -0.2) is 10.8 Å². The van der Waals surface area contributed by atoms with Gasteiger partial charge in [-0.05, 0) is 42.2 Å². The first-order valence-corrected chi connectivity index (χ1v) is 5.01. The summed E-state index contributed by atoms with van der Waals surface area (Å²) in [6, 6.07) is 7.70. The molecule has 0 aliphatic heterocycles. The van der Waals surface area contributed by atoms with Crippen LogP contribution in [0.2, 0.25) is 0 Å². The SMILES string of the molecule is [CH2]Cc1ccc([S+](C)[O-])cc1. The number of hydrogen-bond donors (Lipinski definition) is 0. The summed E-state index contributed by atoms with van der Waals surface area (Å²) in [4.78, 5) is 0.877. The van der Waals surface area contributed by atoms with E-state index in [9.17, 15) is 4.55 Å². The molecule has 1 radical (unpaired) electrons. The highest BCUT2D eigenvalue weighted by atomic mass is 32.2. The van der Waals surface area contributed by atoms with Gasteiger partial charge < -0.3 is 4.55 Å². The van der Waals surface area contributed by atoms with Crippen LogP contribution in [0.25, 0.3) is 0 Å². The summed E-state index contributed by atoms with van der Waals surface area (Å²) in [6.07, 6.45) is 2.47. The third-order valence-corrected chi connectivity index (χ3v) is 2.48. The molecule has 0 aliphatic rings. The van der Waals surface area contributed by atoms with Gasteiger partial charge in [0.2, 0.25) is 0 Å². The highest BCUT2D eigenvalue weighted by Crippen LogP contribution is 2.09. The molecule has 0 amide bonds. The summed E-state index contributed by atoms with van der Waals surface area (Å²) >= 11 is -0.860. The topological polar surface area (TPSA) is 23.1 Å². The Bertz CT molecular complexity index is 216. The van der Waals surface area contributed by atoms with Gasteiger partial charge in [-0.25, -0.2) is 0 Å². The highest BCUT2D eigenvalue weighted by molar-refractivity contribution is 7.90. The van der Waals surface area contributed by atoms with Crippen LogP contribution >= 0.6 is 0 Å². The normalized spacial score (nSPS) is 13.0. The molecule has 0 N–H and O–H groups in total. The zero-order chi connectivity index (χ0) is 8.27. The van der Waals surface area contributed by atoms with Crippen molar-refractivity contribution in [2.45, 2.75) is 11.3 Å². The van der Waals surface area contributed by atoms with Crippen molar-refractivity contribution < 1.29 is 4.55 Å². The van der Waals surface area contributed by atoms with Crippen LogP contribution in [0.15, 0.2) is 29.2 Å². The van der Waals surface area contributed by atoms with Crippen LogP contribution in [0.1, 0.15) is 5.56 Å². The third-order valence-electron chi connectivity index (χ3n) is 1.54. The molecule has 1 nitrogen and oxygen atoms in total. The second kappa shape index (κ2) is 3.79. The van der Waals surface area contributed by atoms with Crippen molar-refractivity contribution in [3.05, 3.63) is 36.8 Å². The molecule has 59 valence electrons. The summed E-state index contributed by atoms with van der Waals surface area (Å²) in [5, 5.41) is 0. The molecule has 1 unspecified atom stereocenters. The van der Waals surface area contributed by atoms with E-state index >= 15 is 0 Å². The van der Waals surface area contributed by atoms with E-state index in [0.717, 1.165) is 11.3 Å². The van der Waals surface area contributed by atoms with Crippen LogP contribution in [0.3, 0.4) is 0 Å². The first-order chi connectivity index (χ1) is 5.24. The van der Waals surface area contributed by atoms with E-state index in [1.807, 2.05) is 24.3 Å². The molecule has 0 saturated heterocycles. The van der Waals surface area contributed by atoms with Gasteiger partial charge in [-0.15, -0.1) is 0 Å². The van der Waals surface area contributed by atoms with E-state index in [2.05, 4.69) is 6.92 Å². The predicted octanol–water partition coefficient (Wildman–Crippen LogP) is 1.80. The first kappa shape index (κ1) is 8.62. The fraction of sp³-hybridized carbons (Fsp3) is 0.222. The zero-order valence-corrected chi connectivity index (χ0v) is 7.36. The molecule has 0 bridgehead atoms. The fourth-order valence-corrected chi connectivity index (χ4v) is 1.37. The van der Waals surface area contributed by atoms with Crippen LogP contribution < -0.4 is 0 Å². The van der Waals surface area contributed by atoms with Gasteiger partial charge in [0.1, 0.15) is 6.26 Å². The van der Waals surface area contributed by atoms with E-state index in [1.165, 1.54) is 5.56 Å². The van der Waals surface area contributed by atoms with Crippen molar-refractivity contribution in [2.24, 2.45) is 0 Å². The Labute approximate surface area is 70.6 Å². The smallest absolute Gasteiger partial charge is 0.152 e. The number of hydrogen-bond acceptors (Lipinski definition) is 1. The van der Waals surface area contributed by atoms with Crippen LogP contribution in [-0.2, 0) is 17.6 Å². The Morgan fingerprint density at radius 3 is 2.27 bits per heavy atom. The quantitative estimate of drug-likeness (QED) is 0.616. The zero-order valence-electron chi connectivity index (χ0n) is 6.54. The predicted molar refractivity (Wildman–Crippen MR) is 47.8 cm³/mol. The van der Waals surface area contributed by atoms with Crippen LogP contribution in [0.4, 0.5) is 0 Å². The summed E-state index contributed by atoms with van der Waals surface area (Å²) in [5.74, 6) is 0. The molecule has 2 heteroatoms. The van der Waals surface area contributed by atoms with Crippen molar-refractivity contribution >= 4 is 11.2 Å². The number of benzene rings is 1. The molecule has 0 spiro atoms. The van der Waals surface area contributed by atoms with Crippen molar-refractivity contribution in [1.82, 2.24) is 0 Å². The second-order valence-electron chi connectivity index (χ2n) is 2.35. The van der Waals surface area contributed by atoms with Crippen molar-refractivity contribution in [1.29, 1.82) is 0 Å². The molecule has 1 aromatic rings. The van der Waals surface area contributed by atoms with E-state index in [4.69, 9.17) is 0 Å². The minimum atomic E-state index is -0.860. The Hall–Kier alpha value is -0.470. The van der Waals surface area contributed by atoms with E-state index in [1.54, 1.807) is 6.26 Å². The van der Waals surface area contributed by atoms with Crippen molar-refractivity contribution in [2.75, 3.05) is 6.26 Å². The van der Waals surface area contributed by atoms with Crippen molar-refractivity contribution in [3.63, 3.8) is 0 Å². The second-order valence-corrected chi connectivity index (χ2v) is 3.73. The first-order valence-electron chi connectivity index (χ1n) is 3.45. The minimum absolute atomic E-state index is 0.788. The van der Waals surface area contributed by atoms with Crippen molar-refractivity contribution in [3.8, 4) is 0 Å². The average molecular weight is 167 g/mol. The molecule has 0 fully saturated rings. The molecular formula is C9H11OS. The standard InChI is InChI=1S/C9H11OS/c1-3-8-4-6-9(7-5-8)11(2)10/h4-7H,1,3H2,2H3. The van der Waals surface area contributed by atoms with Gasteiger partial charge in [0.15, 0.2) is 4.90 Å². The summed E-state index contributed by atoms with van der Waals surface area (Å²) in [7, 11) is 0. The van der Waals surface area contributed by atoms with Gasteiger partial charge in [-0.1, -0.05) is 12.1 Å². The largest absolute Gasteiger partial charge is 0.612 e. The molecule has 1 rings (SSSR count). The van der Waals surface area contributed by atoms with Crippen LogP contribution in [0, 0.1) is 6.92 Å². The summed E-state index contributed by atoms with van der Waals surface area (Å²) in [5.41, 5.74) is 1.18. The van der Waals surface area contributed by atoms with Gasteiger partial charge in [0, 0.05) is 0 Å². The Balaban J connectivity index is 2.83. The lowest BCUT2D eigenvalue weighted by atomic mass is 10.2. The van der Waals surface area contributed by atoms with Gasteiger partial charge in [0.25, 0.3) is 0 Å². The van der Waals surface area contributed by atoms with E-state index < -0.39 is 11.2 Å². The molecule has 0 aromatic heterocycles. The third kappa shape index (κ3) is 2.24. The van der Waals surface area contributed by atoms with E-state index in [0.29, 0.717) is 0 Å². The summed E-state index contributed by atoms with van der Waals surface area (Å²) < 4.78 is 10.9. The molecular weight excluding hydrogens is 156 g/mol.